The lowest BCUT2D eigenvalue weighted by atomic mass is 10.4. The van der Waals surface area contributed by atoms with E-state index in [0.29, 0.717) is 5.69 Å². The molecule has 6 heteroatoms. The van der Waals surface area contributed by atoms with Crippen molar-refractivity contribution in [3.8, 4) is 0 Å². The third kappa shape index (κ3) is 2.49. The summed E-state index contributed by atoms with van der Waals surface area (Å²) in [6.07, 6.45) is 2.57. The van der Waals surface area contributed by atoms with Crippen LogP contribution >= 0.6 is 0 Å². The fourth-order valence-corrected chi connectivity index (χ4v) is 1.38. The highest BCUT2D eigenvalue weighted by molar-refractivity contribution is 7.90. The summed E-state index contributed by atoms with van der Waals surface area (Å²) in [7, 11) is -3.19. The number of hydrogen-bond acceptors (Lipinski definition) is 5. The molecular formula is C8H12N2O3S. The minimum Gasteiger partial charge on any atom is -0.390 e. The first-order valence-electron chi connectivity index (χ1n) is 4.06. The Morgan fingerprint density at radius 1 is 1.57 bits per heavy atom. The fourth-order valence-electron chi connectivity index (χ4n) is 0.888. The molecule has 0 bridgehead atoms. The normalized spacial score (nSPS) is 13.9. The van der Waals surface area contributed by atoms with Crippen molar-refractivity contribution in [2.45, 2.75) is 18.8 Å². The maximum absolute atomic E-state index is 11.2. The summed E-state index contributed by atoms with van der Waals surface area (Å²) < 4.78 is 22.4. The molecular weight excluding hydrogens is 204 g/mol. The summed E-state index contributed by atoms with van der Waals surface area (Å²) in [6.45, 7) is 1.30. The number of sulfone groups is 1. The van der Waals surface area contributed by atoms with E-state index >= 15 is 0 Å². The zero-order chi connectivity index (χ0) is 10.8. The number of aliphatic hydroxyl groups is 1. The van der Waals surface area contributed by atoms with Crippen molar-refractivity contribution in [1.82, 2.24) is 9.97 Å². The van der Waals surface area contributed by atoms with Gasteiger partial charge in [0.15, 0.2) is 9.84 Å². The average molecular weight is 216 g/mol. The summed E-state index contributed by atoms with van der Waals surface area (Å²) in [5.74, 6) is 0.221. The highest BCUT2D eigenvalue weighted by Crippen LogP contribution is 2.16. The molecule has 1 unspecified atom stereocenters. The van der Waals surface area contributed by atoms with Gasteiger partial charge in [0.25, 0.3) is 0 Å². The van der Waals surface area contributed by atoms with Crippen LogP contribution < -0.4 is 0 Å². The van der Waals surface area contributed by atoms with E-state index in [2.05, 4.69) is 9.97 Å². The largest absolute Gasteiger partial charge is 0.390 e. The standard InChI is InChI=1S/C8H12N2O3S/c1-6(14(2,12)13)8-9-4-3-7(5-11)10-8/h3-4,6,11H,5H2,1-2H3. The van der Waals surface area contributed by atoms with E-state index in [-0.39, 0.29) is 12.4 Å². The van der Waals surface area contributed by atoms with Crippen molar-refractivity contribution < 1.29 is 13.5 Å². The summed E-state index contributed by atoms with van der Waals surface area (Å²) in [4.78, 5) is 7.77. The van der Waals surface area contributed by atoms with Gasteiger partial charge in [0, 0.05) is 12.5 Å². The van der Waals surface area contributed by atoms with Gasteiger partial charge in [0.1, 0.15) is 11.1 Å². The Labute approximate surface area is 82.8 Å². The molecule has 1 N–H and O–H groups in total. The van der Waals surface area contributed by atoms with Crippen LogP contribution in [0.3, 0.4) is 0 Å². The van der Waals surface area contributed by atoms with Crippen LogP contribution in [0.25, 0.3) is 0 Å². The second-order valence-electron chi connectivity index (χ2n) is 3.04. The maximum Gasteiger partial charge on any atom is 0.157 e. The van der Waals surface area contributed by atoms with Gasteiger partial charge in [-0.1, -0.05) is 0 Å². The lowest BCUT2D eigenvalue weighted by Crippen LogP contribution is -2.12. The summed E-state index contributed by atoms with van der Waals surface area (Å²) in [6, 6.07) is 1.54. The number of aromatic nitrogens is 2. The lowest BCUT2D eigenvalue weighted by molar-refractivity contribution is 0.276. The number of nitrogens with zero attached hydrogens (tertiary/aromatic N) is 2. The predicted octanol–water partition coefficient (Wildman–Crippen LogP) is 0.0745. The van der Waals surface area contributed by atoms with Crippen LogP contribution in [0.1, 0.15) is 23.7 Å². The van der Waals surface area contributed by atoms with Gasteiger partial charge in [-0.2, -0.15) is 0 Å². The third-order valence-electron chi connectivity index (χ3n) is 1.90. The summed E-state index contributed by atoms with van der Waals surface area (Å²) in [5, 5.41) is 8.07. The van der Waals surface area contributed by atoms with Gasteiger partial charge < -0.3 is 5.11 Å². The van der Waals surface area contributed by atoms with E-state index in [1.807, 2.05) is 0 Å². The van der Waals surface area contributed by atoms with Crippen molar-refractivity contribution in [2.24, 2.45) is 0 Å². The number of hydrogen-bond donors (Lipinski definition) is 1. The molecule has 1 aromatic heterocycles. The van der Waals surface area contributed by atoms with Crippen LogP contribution in [0.15, 0.2) is 12.3 Å². The predicted molar refractivity (Wildman–Crippen MR) is 51.2 cm³/mol. The zero-order valence-electron chi connectivity index (χ0n) is 8.01. The highest BCUT2D eigenvalue weighted by atomic mass is 32.2. The molecule has 14 heavy (non-hydrogen) atoms. The van der Waals surface area contributed by atoms with E-state index in [0.717, 1.165) is 6.26 Å². The molecule has 5 nitrogen and oxygen atoms in total. The van der Waals surface area contributed by atoms with E-state index in [4.69, 9.17) is 5.11 Å². The molecule has 0 aliphatic carbocycles. The number of rotatable bonds is 3. The Balaban J connectivity index is 3.08. The Bertz CT molecular complexity index is 416. The van der Waals surface area contributed by atoms with Crippen molar-refractivity contribution >= 4 is 9.84 Å². The van der Waals surface area contributed by atoms with Crippen LogP contribution in [-0.2, 0) is 16.4 Å². The maximum atomic E-state index is 11.2. The first-order chi connectivity index (χ1) is 6.45. The van der Waals surface area contributed by atoms with E-state index in [1.54, 1.807) is 6.07 Å². The van der Waals surface area contributed by atoms with Gasteiger partial charge in [-0.25, -0.2) is 18.4 Å². The summed E-state index contributed by atoms with van der Waals surface area (Å²) in [5.41, 5.74) is 0.422. The molecule has 1 atom stereocenters. The van der Waals surface area contributed by atoms with Gasteiger partial charge in [0.05, 0.1) is 12.3 Å². The van der Waals surface area contributed by atoms with Gasteiger partial charge in [-0.15, -0.1) is 0 Å². The molecule has 1 rings (SSSR count). The molecule has 0 spiro atoms. The zero-order valence-corrected chi connectivity index (χ0v) is 8.82. The number of aliphatic hydroxyl groups excluding tert-OH is 1. The van der Waals surface area contributed by atoms with Crippen molar-refractivity contribution in [3.05, 3.63) is 23.8 Å². The summed E-state index contributed by atoms with van der Waals surface area (Å²) >= 11 is 0. The molecule has 0 saturated heterocycles. The average Bonchev–Trinajstić information content (AvgIpc) is 2.15. The third-order valence-corrected chi connectivity index (χ3v) is 3.39. The lowest BCUT2D eigenvalue weighted by Gasteiger charge is -2.07. The second-order valence-corrected chi connectivity index (χ2v) is 5.40. The smallest absolute Gasteiger partial charge is 0.157 e. The Kier molecular flexibility index (Phi) is 3.17. The molecule has 0 radical (unpaired) electrons. The molecule has 0 aliphatic rings. The van der Waals surface area contributed by atoms with Gasteiger partial charge in [0.2, 0.25) is 0 Å². The molecule has 0 fully saturated rings. The molecule has 0 aromatic carbocycles. The van der Waals surface area contributed by atoms with Crippen LogP contribution in [0.4, 0.5) is 0 Å². The fraction of sp³-hybridized carbons (Fsp3) is 0.500. The molecule has 78 valence electrons. The highest BCUT2D eigenvalue weighted by Gasteiger charge is 2.19. The van der Waals surface area contributed by atoms with Crippen molar-refractivity contribution in [3.63, 3.8) is 0 Å². The minimum absolute atomic E-state index is 0.216. The first kappa shape index (κ1) is 11.1. The second kappa shape index (κ2) is 4.02. The SMILES string of the molecule is CC(c1nccc(CO)n1)S(C)(=O)=O. The molecule has 0 saturated carbocycles. The molecule has 1 aromatic rings. The Morgan fingerprint density at radius 2 is 2.21 bits per heavy atom. The first-order valence-corrected chi connectivity index (χ1v) is 6.02. The van der Waals surface area contributed by atoms with Crippen LogP contribution in [0, 0.1) is 0 Å². The van der Waals surface area contributed by atoms with Gasteiger partial charge >= 0.3 is 0 Å². The van der Waals surface area contributed by atoms with E-state index in [9.17, 15) is 8.42 Å². The van der Waals surface area contributed by atoms with Crippen molar-refractivity contribution in [1.29, 1.82) is 0 Å². The van der Waals surface area contributed by atoms with Gasteiger partial charge in [-0.05, 0) is 13.0 Å². The molecule has 0 aliphatic heterocycles. The monoisotopic (exact) mass is 216 g/mol. The topological polar surface area (TPSA) is 80.2 Å². The van der Waals surface area contributed by atoms with Crippen molar-refractivity contribution in [2.75, 3.05) is 6.26 Å². The van der Waals surface area contributed by atoms with E-state index in [1.165, 1.54) is 13.1 Å². The van der Waals surface area contributed by atoms with Crippen LogP contribution in [-0.4, -0.2) is 29.7 Å². The Morgan fingerprint density at radius 3 is 2.71 bits per heavy atom. The van der Waals surface area contributed by atoms with E-state index < -0.39 is 15.1 Å². The molecule has 0 amide bonds. The minimum atomic E-state index is -3.19. The van der Waals surface area contributed by atoms with Gasteiger partial charge in [-0.3, -0.25) is 0 Å². The quantitative estimate of drug-likeness (QED) is 0.773. The van der Waals surface area contributed by atoms with Crippen LogP contribution in [0.2, 0.25) is 0 Å². The molecule has 1 heterocycles. The Hall–Kier alpha value is -1.01. The van der Waals surface area contributed by atoms with Crippen LogP contribution in [0.5, 0.6) is 0 Å².